The smallest absolute Gasteiger partial charge is 0.462 e. The maximum absolute atomic E-state index is 13.0. The summed E-state index contributed by atoms with van der Waals surface area (Å²) in [6, 6.07) is 0. The molecule has 3 N–H and O–H groups in total. The first kappa shape index (κ1) is 85.1. The summed E-state index contributed by atoms with van der Waals surface area (Å²) in [4.78, 5) is 72.3. The van der Waals surface area contributed by atoms with E-state index in [-0.39, 0.29) is 25.7 Å². The molecule has 5 atom stereocenters. The lowest BCUT2D eigenvalue weighted by atomic mass is 10.0. The first-order valence-corrected chi connectivity index (χ1v) is 38.3. The van der Waals surface area contributed by atoms with Crippen LogP contribution in [0.15, 0.2) is 0 Å². The van der Waals surface area contributed by atoms with Crippen LogP contribution >= 0.6 is 15.6 Å². The minimum atomic E-state index is -4.95. The molecule has 0 aromatic rings. The summed E-state index contributed by atoms with van der Waals surface area (Å²) in [5.74, 6) is 0.0984. The standard InChI is InChI=1S/C68H132O17P2/c1-8-9-10-11-25-35-42-49-65(70)78-55-64(85-68(73)52-45-38-31-30-34-41-48-61(6)7)58-83-87(76,77)81-54-62(69)53-80-86(74,75)82-57-63(56-79-66(71)50-43-36-28-23-20-16-18-22-27-33-40-47-60(4)5)84-67(72)51-44-37-29-24-19-15-13-12-14-17-21-26-32-39-46-59(2)3/h59-64,69H,8-58H2,1-7H3,(H,74,75)(H,76,77)/t62-,63-,64-/m1/s1. The highest BCUT2D eigenvalue weighted by molar-refractivity contribution is 7.47. The number of aliphatic hydroxyl groups excluding tert-OH is 1. The lowest BCUT2D eigenvalue weighted by Gasteiger charge is -2.21. The van der Waals surface area contributed by atoms with E-state index in [1.54, 1.807) is 0 Å². The zero-order chi connectivity index (χ0) is 64.5. The average molecular weight is 1280 g/mol. The summed E-state index contributed by atoms with van der Waals surface area (Å²) in [6.45, 7) is 11.7. The van der Waals surface area contributed by atoms with Crippen LogP contribution < -0.4 is 0 Å². The van der Waals surface area contributed by atoms with Gasteiger partial charge in [-0.25, -0.2) is 9.13 Å². The first-order valence-electron chi connectivity index (χ1n) is 35.3. The van der Waals surface area contributed by atoms with Gasteiger partial charge in [0.1, 0.15) is 19.3 Å². The molecule has 0 aliphatic rings. The molecule has 2 unspecified atom stereocenters. The molecule has 516 valence electrons. The highest BCUT2D eigenvalue weighted by Crippen LogP contribution is 2.45. The SMILES string of the molecule is CCCCCCCCCC(=O)OC[C@H](COP(=O)(O)OC[C@H](O)COP(=O)(O)OC[C@@H](COC(=O)CCCCCCCCCCCCCC(C)C)OC(=O)CCCCCCCCCCCCCCCCC(C)C)OC(=O)CCCCCCCCC(C)C. The number of ether oxygens (including phenoxy) is 4. The van der Waals surface area contributed by atoms with E-state index < -0.39 is 97.5 Å². The van der Waals surface area contributed by atoms with E-state index in [2.05, 4.69) is 48.5 Å². The Morgan fingerprint density at radius 2 is 0.529 bits per heavy atom. The number of carbonyl (C=O) groups excluding carboxylic acids is 4. The molecule has 0 aromatic heterocycles. The molecule has 0 saturated carbocycles. The second-order valence-corrected chi connectivity index (χ2v) is 28.9. The van der Waals surface area contributed by atoms with Crippen LogP contribution in [0.25, 0.3) is 0 Å². The Morgan fingerprint density at radius 3 is 0.782 bits per heavy atom. The molecule has 0 bridgehead atoms. The van der Waals surface area contributed by atoms with Gasteiger partial charge in [-0.1, -0.05) is 286 Å². The molecule has 0 aliphatic heterocycles. The third-order valence-electron chi connectivity index (χ3n) is 15.6. The highest BCUT2D eigenvalue weighted by Gasteiger charge is 2.30. The van der Waals surface area contributed by atoms with Gasteiger partial charge in [0, 0.05) is 25.7 Å². The van der Waals surface area contributed by atoms with Crippen LogP contribution in [0.5, 0.6) is 0 Å². The summed E-state index contributed by atoms with van der Waals surface area (Å²) < 4.78 is 68.0. The first-order chi connectivity index (χ1) is 41.7. The Labute approximate surface area is 530 Å². The van der Waals surface area contributed by atoms with Crippen LogP contribution in [0.3, 0.4) is 0 Å². The van der Waals surface area contributed by atoms with E-state index in [1.807, 2.05) is 0 Å². The maximum atomic E-state index is 13.0. The van der Waals surface area contributed by atoms with E-state index in [1.165, 1.54) is 135 Å². The Kier molecular flexibility index (Phi) is 57.8. The number of esters is 4. The molecule has 0 aliphatic carbocycles. The van der Waals surface area contributed by atoms with Crippen LogP contribution in [0.4, 0.5) is 0 Å². The number of aliphatic hydroxyl groups is 1. The molecule has 0 amide bonds. The second kappa shape index (κ2) is 59.1. The molecule has 0 rings (SSSR count). The van der Waals surface area contributed by atoms with E-state index in [9.17, 15) is 43.2 Å². The summed E-state index contributed by atoms with van der Waals surface area (Å²) in [5.41, 5.74) is 0. The van der Waals surface area contributed by atoms with E-state index in [4.69, 9.17) is 37.0 Å². The van der Waals surface area contributed by atoms with Crippen molar-refractivity contribution in [3.05, 3.63) is 0 Å². The Morgan fingerprint density at radius 1 is 0.310 bits per heavy atom. The van der Waals surface area contributed by atoms with E-state index in [0.29, 0.717) is 31.6 Å². The Bertz CT molecular complexity index is 1720. The fourth-order valence-electron chi connectivity index (χ4n) is 10.2. The van der Waals surface area contributed by atoms with Crippen molar-refractivity contribution in [1.29, 1.82) is 0 Å². The highest BCUT2D eigenvalue weighted by atomic mass is 31.2. The van der Waals surface area contributed by atoms with Gasteiger partial charge in [0.05, 0.1) is 26.4 Å². The number of carbonyl (C=O) groups is 4. The van der Waals surface area contributed by atoms with Crippen molar-refractivity contribution in [2.45, 2.75) is 356 Å². The Hall–Kier alpha value is -1.94. The number of phosphoric ester groups is 2. The largest absolute Gasteiger partial charge is 0.472 e. The summed E-state index contributed by atoms with van der Waals surface area (Å²) in [5, 5.41) is 10.5. The number of phosphoric acid groups is 2. The summed E-state index contributed by atoms with van der Waals surface area (Å²) in [6.07, 6.45) is 42.0. The molecule has 0 saturated heterocycles. The molecule has 0 heterocycles. The molecule has 0 aromatic carbocycles. The number of rotatable bonds is 66. The van der Waals surface area contributed by atoms with Crippen LogP contribution in [0, 0.1) is 17.8 Å². The normalized spacial score (nSPS) is 14.3. The Balaban J connectivity index is 5.20. The van der Waals surface area contributed by atoms with Gasteiger partial charge in [-0.05, 0) is 43.4 Å². The van der Waals surface area contributed by atoms with Gasteiger partial charge in [0.15, 0.2) is 12.2 Å². The van der Waals surface area contributed by atoms with Crippen molar-refractivity contribution < 1.29 is 80.2 Å². The van der Waals surface area contributed by atoms with Crippen LogP contribution in [0.2, 0.25) is 0 Å². The van der Waals surface area contributed by atoms with Crippen molar-refractivity contribution in [3.8, 4) is 0 Å². The third-order valence-corrected chi connectivity index (χ3v) is 17.5. The van der Waals surface area contributed by atoms with Crippen LogP contribution in [0.1, 0.15) is 337 Å². The molecular weight excluding hydrogens is 1150 g/mol. The average Bonchev–Trinajstić information content (AvgIpc) is 3.67. The van der Waals surface area contributed by atoms with E-state index in [0.717, 1.165) is 115 Å². The fraction of sp³-hybridized carbons (Fsp3) is 0.941. The van der Waals surface area contributed by atoms with Gasteiger partial charge in [0.25, 0.3) is 0 Å². The van der Waals surface area contributed by atoms with Gasteiger partial charge >= 0.3 is 39.5 Å². The fourth-order valence-corrected chi connectivity index (χ4v) is 11.8. The van der Waals surface area contributed by atoms with Gasteiger partial charge in [-0.3, -0.25) is 37.3 Å². The minimum Gasteiger partial charge on any atom is -0.462 e. The zero-order valence-corrected chi connectivity index (χ0v) is 58.3. The predicted molar refractivity (Wildman–Crippen MR) is 349 cm³/mol. The number of hydrogen-bond acceptors (Lipinski definition) is 15. The number of unbranched alkanes of at least 4 members (excludes halogenated alkanes) is 34. The third kappa shape index (κ3) is 62.6. The quantitative estimate of drug-likeness (QED) is 0.0222. The molecule has 0 radical (unpaired) electrons. The van der Waals surface area contributed by atoms with Crippen molar-refractivity contribution in [1.82, 2.24) is 0 Å². The van der Waals surface area contributed by atoms with Gasteiger partial charge < -0.3 is 33.8 Å². The lowest BCUT2D eigenvalue weighted by molar-refractivity contribution is -0.161. The minimum absolute atomic E-state index is 0.101. The maximum Gasteiger partial charge on any atom is 0.472 e. The van der Waals surface area contributed by atoms with Crippen molar-refractivity contribution >= 4 is 39.5 Å². The zero-order valence-electron chi connectivity index (χ0n) is 56.5. The monoisotopic (exact) mass is 1280 g/mol. The van der Waals surface area contributed by atoms with Crippen molar-refractivity contribution in [2.75, 3.05) is 39.6 Å². The van der Waals surface area contributed by atoms with E-state index >= 15 is 0 Å². The van der Waals surface area contributed by atoms with Crippen molar-refractivity contribution in [2.24, 2.45) is 17.8 Å². The van der Waals surface area contributed by atoms with Gasteiger partial charge in [-0.15, -0.1) is 0 Å². The summed E-state index contributed by atoms with van der Waals surface area (Å²) >= 11 is 0. The van der Waals surface area contributed by atoms with Crippen LogP contribution in [-0.2, 0) is 65.4 Å². The molecule has 0 spiro atoms. The lowest BCUT2D eigenvalue weighted by Crippen LogP contribution is -2.30. The summed E-state index contributed by atoms with van der Waals surface area (Å²) in [7, 11) is -9.89. The topological polar surface area (TPSA) is 237 Å². The van der Waals surface area contributed by atoms with Gasteiger partial charge in [-0.2, -0.15) is 0 Å². The predicted octanol–water partition coefficient (Wildman–Crippen LogP) is 19.1. The van der Waals surface area contributed by atoms with Crippen LogP contribution in [-0.4, -0.2) is 96.7 Å². The molecule has 17 nitrogen and oxygen atoms in total. The molecule has 19 heteroatoms. The number of hydrogen-bond donors (Lipinski definition) is 3. The molecular formula is C68H132O17P2. The molecule has 0 fully saturated rings. The van der Waals surface area contributed by atoms with Gasteiger partial charge in [0.2, 0.25) is 0 Å². The molecule has 87 heavy (non-hydrogen) atoms. The van der Waals surface area contributed by atoms with Crippen molar-refractivity contribution in [3.63, 3.8) is 0 Å². The second-order valence-electron chi connectivity index (χ2n) is 26.0.